The van der Waals surface area contributed by atoms with E-state index in [1.807, 2.05) is 0 Å². The predicted octanol–water partition coefficient (Wildman–Crippen LogP) is -0.354. The summed E-state index contributed by atoms with van der Waals surface area (Å²) in [5, 5.41) is 7.39. The maximum atomic E-state index is 10.6. The average molecular weight is 88.1 g/mol. The fourth-order valence-corrected chi connectivity index (χ4v) is 0. The van der Waals surface area contributed by atoms with E-state index in [0.717, 1.165) is 6.92 Å². The first-order chi connectivity index (χ1) is 1.73. The molecule has 0 aromatic carbocycles. The Morgan fingerprint density at radius 1 is 1.80 bits per heavy atom. The van der Waals surface area contributed by atoms with Gasteiger partial charge in [-0.2, -0.15) is 0 Å². The van der Waals surface area contributed by atoms with Crippen LogP contribution < -0.4 is 0 Å². The Morgan fingerprint density at radius 3 is 1.80 bits per heavy atom. The average Bonchev–Trinajstić information content (AvgIpc) is 0.811. The van der Waals surface area contributed by atoms with Crippen molar-refractivity contribution >= 4 is 29.6 Å². The van der Waals surface area contributed by atoms with Crippen molar-refractivity contribution in [3.63, 3.8) is 0 Å². The quantitative estimate of drug-likeness (QED) is 0.401. The van der Waals surface area contributed by atoms with Crippen LogP contribution in [0, 0.1) is 0 Å². The molecule has 3 heteroatoms. The molecule has 0 heterocycles. The second-order valence-corrected chi connectivity index (χ2v) is 0.574. The summed E-state index contributed by atoms with van der Waals surface area (Å²) in [5.41, 5.74) is 0. The molecule has 5 heavy (non-hydrogen) atoms. The molecule has 0 spiro atoms. The Labute approximate surface area is 52.5 Å². The Hall–Kier alpha value is 0.890. The van der Waals surface area contributed by atoms with E-state index in [1.54, 1.807) is 0 Å². The number of alkyl halides is 1. The molecule has 1 nitrogen and oxygen atoms in total. The van der Waals surface area contributed by atoms with E-state index in [-0.39, 0.29) is 29.6 Å². The maximum absolute atomic E-state index is 10.6. The third-order valence-electron chi connectivity index (χ3n) is 0. The normalized spacial score (nSPS) is 12.6. The fourth-order valence-electron chi connectivity index (χ4n) is 0. The first-order valence-electron chi connectivity index (χ1n) is 1.05. The molecule has 1 unspecified atom stereocenters. The van der Waals surface area contributed by atoms with Crippen molar-refractivity contribution in [3.8, 4) is 0 Å². The molecular formula is C2H6FNaO. The van der Waals surface area contributed by atoms with Crippen molar-refractivity contribution in [2.45, 2.75) is 13.3 Å². The van der Waals surface area contributed by atoms with Gasteiger partial charge in [-0.25, -0.2) is 4.39 Å². The summed E-state index contributed by atoms with van der Waals surface area (Å²) < 4.78 is 10.6. The van der Waals surface area contributed by atoms with Gasteiger partial charge in [0.2, 0.25) is 0 Å². The van der Waals surface area contributed by atoms with Crippen LogP contribution in [0.1, 0.15) is 6.92 Å². The Kier molecular flexibility index (Phi) is 9.10. The standard InChI is InChI=1S/C2H5FO.Na.H/c1-2(3)4;;/h2,4H,1H3;;. The van der Waals surface area contributed by atoms with Crippen molar-refractivity contribution in [1.29, 1.82) is 0 Å². The molecule has 0 saturated carbocycles. The molecule has 0 aliphatic heterocycles. The van der Waals surface area contributed by atoms with Gasteiger partial charge in [0.25, 0.3) is 0 Å². The van der Waals surface area contributed by atoms with Gasteiger partial charge >= 0.3 is 29.6 Å². The Balaban J connectivity index is 0. The zero-order valence-electron chi connectivity index (χ0n) is 2.40. The van der Waals surface area contributed by atoms with Gasteiger partial charge in [0.05, 0.1) is 0 Å². The summed E-state index contributed by atoms with van der Waals surface area (Å²) in [6.07, 6.45) is -1.67. The van der Waals surface area contributed by atoms with Gasteiger partial charge in [0.1, 0.15) is 0 Å². The number of aliphatic hydroxyl groups excluding tert-OH is 1. The molecule has 0 rings (SSSR count). The van der Waals surface area contributed by atoms with E-state index in [4.69, 9.17) is 5.11 Å². The molecule has 0 radical (unpaired) electrons. The third-order valence-corrected chi connectivity index (χ3v) is 0. The first kappa shape index (κ1) is 9.31. The van der Waals surface area contributed by atoms with Crippen LogP contribution in [0.2, 0.25) is 0 Å². The molecular weight excluding hydrogens is 82.0 g/mol. The van der Waals surface area contributed by atoms with Crippen LogP contribution >= 0.6 is 0 Å². The van der Waals surface area contributed by atoms with Crippen molar-refractivity contribution < 1.29 is 9.50 Å². The van der Waals surface area contributed by atoms with Crippen LogP contribution in [0.25, 0.3) is 0 Å². The van der Waals surface area contributed by atoms with Gasteiger partial charge < -0.3 is 5.11 Å². The molecule has 0 aliphatic rings. The van der Waals surface area contributed by atoms with Gasteiger partial charge in [0.15, 0.2) is 6.36 Å². The van der Waals surface area contributed by atoms with Crippen LogP contribution in [-0.4, -0.2) is 41.0 Å². The van der Waals surface area contributed by atoms with Gasteiger partial charge in [-0.1, -0.05) is 0 Å². The predicted molar refractivity (Wildman–Crippen MR) is 19.9 cm³/mol. The molecule has 0 aromatic rings. The van der Waals surface area contributed by atoms with Crippen molar-refractivity contribution in [2.75, 3.05) is 0 Å². The van der Waals surface area contributed by atoms with E-state index in [2.05, 4.69) is 0 Å². The van der Waals surface area contributed by atoms with Crippen LogP contribution in [-0.2, 0) is 0 Å². The summed E-state index contributed by atoms with van der Waals surface area (Å²) in [7, 11) is 0. The zero-order chi connectivity index (χ0) is 3.58. The van der Waals surface area contributed by atoms with E-state index in [0.29, 0.717) is 0 Å². The topological polar surface area (TPSA) is 20.2 Å². The fraction of sp³-hybridized carbons (Fsp3) is 1.00. The molecule has 28 valence electrons. The molecule has 1 atom stereocenters. The Morgan fingerprint density at radius 2 is 1.80 bits per heavy atom. The molecule has 0 aromatic heterocycles. The van der Waals surface area contributed by atoms with E-state index < -0.39 is 6.36 Å². The third kappa shape index (κ3) is 51.6. The summed E-state index contributed by atoms with van der Waals surface area (Å²) >= 11 is 0. The minimum atomic E-state index is -1.67. The van der Waals surface area contributed by atoms with Gasteiger partial charge in [0, 0.05) is 0 Å². The van der Waals surface area contributed by atoms with Crippen molar-refractivity contribution in [1.82, 2.24) is 0 Å². The number of hydrogen-bond acceptors (Lipinski definition) is 1. The van der Waals surface area contributed by atoms with Crippen LogP contribution in [0.5, 0.6) is 0 Å². The number of hydrogen-bond donors (Lipinski definition) is 1. The number of aliphatic hydroxyl groups is 1. The van der Waals surface area contributed by atoms with E-state index in [9.17, 15) is 4.39 Å². The van der Waals surface area contributed by atoms with Gasteiger partial charge in [-0.15, -0.1) is 0 Å². The molecule has 1 N–H and O–H groups in total. The van der Waals surface area contributed by atoms with Gasteiger partial charge in [-0.05, 0) is 6.92 Å². The summed E-state index contributed by atoms with van der Waals surface area (Å²) in [4.78, 5) is 0. The molecule has 0 aliphatic carbocycles. The second kappa shape index (κ2) is 4.89. The monoisotopic (exact) mass is 88.0 g/mol. The van der Waals surface area contributed by atoms with Crippen LogP contribution in [0.4, 0.5) is 4.39 Å². The zero-order valence-corrected chi connectivity index (χ0v) is 2.40. The van der Waals surface area contributed by atoms with Crippen molar-refractivity contribution in [2.24, 2.45) is 0 Å². The van der Waals surface area contributed by atoms with Crippen molar-refractivity contribution in [3.05, 3.63) is 0 Å². The summed E-state index contributed by atoms with van der Waals surface area (Å²) in [6, 6.07) is 0. The molecule has 0 bridgehead atoms. The molecule has 0 fully saturated rings. The number of rotatable bonds is 0. The Bertz CT molecular complexity index is 14.4. The summed E-state index contributed by atoms with van der Waals surface area (Å²) in [5.74, 6) is 0. The molecule has 0 amide bonds. The van der Waals surface area contributed by atoms with E-state index >= 15 is 0 Å². The first-order valence-corrected chi connectivity index (χ1v) is 1.05. The summed E-state index contributed by atoms with van der Waals surface area (Å²) in [6.45, 7) is 1.06. The number of halogens is 1. The molecule has 0 saturated heterocycles. The van der Waals surface area contributed by atoms with Gasteiger partial charge in [-0.3, -0.25) is 0 Å². The van der Waals surface area contributed by atoms with Crippen LogP contribution in [0.15, 0.2) is 0 Å². The minimum absolute atomic E-state index is 0. The van der Waals surface area contributed by atoms with Crippen LogP contribution in [0.3, 0.4) is 0 Å². The van der Waals surface area contributed by atoms with E-state index in [1.165, 1.54) is 0 Å². The SMILES string of the molecule is CC(O)F.[NaH]. The second-order valence-electron chi connectivity index (χ2n) is 0.574.